The predicted molar refractivity (Wildman–Crippen MR) is 73.8 cm³/mol. The van der Waals surface area contributed by atoms with Gasteiger partial charge in [0.1, 0.15) is 11.6 Å². The predicted octanol–water partition coefficient (Wildman–Crippen LogP) is 3.13. The number of hydrogen-bond donors (Lipinski definition) is 3. The van der Waals surface area contributed by atoms with Gasteiger partial charge in [0.15, 0.2) is 0 Å². The first-order valence-electron chi connectivity index (χ1n) is 5.97. The van der Waals surface area contributed by atoms with Gasteiger partial charge in [0.2, 0.25) is 0 Å². The van der Waals surface area contributed by atoms with Crippen LogP contribution in [0.2, 0.25) is 0 Å². The lowest BCUT2D eigenvalue weighted by atomic mass is 10.1. The number of hydrogen-bond acceptors (Lipinski definition) is 3. The zero-order valence-electron chi connectivity index (χ0n) is 10.4. The summed E-state index contributed by atoms with van der Waals surface area (Å²) in [7, 11) is 0. The smallest absolute Gasteiger partial charge is 0.139 e. The molecule has 18 heavy (non-hydrogen) atoms. The van der Waals surface area contributed by atoms with Crippen LogP contribution in [-0.4, -0.2) is 15.1 Å². The third kappa shape index (κ3) is 1.42. The van der Waals surface area contributed by atoms with Gasteiger partial charge < -0.3 is 15.8 Å². The summed E-state index contributed by atoms with van der Waals surface area (Å²) in [5.74, 6) is 1.03. The minimum Gasteiger partial charge on any atom is -0.506 e. The molecule has 0 unspecified atom stereocenters. The number of para-hydroxylation sites is 1. The Hall–Kier alpha value is -2.23. The first-order valence-corrected chi connectivity index (χ1v) is 5.97. The highest BCUT2D eigenvalue weighted by molar-refractivity contribution is 6.10. The van der Waals surface area contributed by atoms with E-state index < -0.39 is 0 Å². The third-order valence-electron chi connectivity index (χ3n) is 3.20. The molecule has 4 heteroatoms. The number of nitrogen functional groups attached to an aromatic ring is 1. The maximum absolute atomic E-state index is 9.89. The number of aromatic amines is 1. The van der Waals surface area contributed by atoms with E-state index in [1.165, 1.54) is 0 Å². The fraction of sp³-hybridized carbons (Fsp3) is 0.214. The van der Waals surface area contributed by atoms with Gasteiger partial charge in [-0.25, -0.2) is 4.98 Å². The molecule has 0 amide bonds. The molecule has 0 aliphatic carbocycles. The number of pyridine rings is 1. The van der Waals surface area contributed by atoms with Gasteiger partial charge >= 0.3 is 0 Å². The van der Waals surface area contributed by atoms with E-state index in [9.17, 15) is 5.11 Å². The van der Waals surface area contributed by atoms with Crippen LogP contribution in [0.1, 0.15) is 25.5 Å². The van der Waals surface area contributed by atoms with Crippen LogP contribution in [0.3, 0.4) is 0 Å². The molecule has 92 valence electrons. The number of rotatable bonds is 1. The normalized spacial score (nSPS) is 11.7. The third-order valence-corrected chi connectivity index (χ3v) is 3.20. The molecule has 0 radical (unpaired) electrons. The van der Waals surface area contributed by atoms with Gasteiger partial charge in [-0.05, 0) is 18.1 Å². The quantitative estimate of drug-likeness (QED) is 0.612. The Kier molecular flexibility index (Phi) is 2.20. The molecule has 0 aliphatic rings. The minimum atomic E-state index is 0.247. The molecule has 2 heterocycles. The Bertz CT molecular complexity index is 743. The van der Waals surface area contributed by atoms with Crippen molar-refractivity contribution in [1.29, 1.82) is 0 Å². The Morgan fingerprint density at radius 1 is 1.22 bits per heavy atom. The van der Waals surface area contributed by atoms with E-state index in [0.717, 1.165) is 27.5 Å². The Labute approximate surface area is 104 Å². The van der Waals surface area contributed by atoms with E-state index in [1.807, 2.05) is 18.2 Å². The summed E-state index contributed by atoms with van der Waals surface area (Å²) in [5, 5.41) is 11.9. The second-order valence-electron chi connectivity index (χ2n) is 4.83. The van der Waals surface area contributed by atoms with Crippen LogP contribution in [0.15, 0.2) is 24.3 Å². The summed E-state index contributed by atoms with van der Waals surface area (Å²) < 4.78 is 0. The average molecular weight is 241 g/mol. The lowest BCUT2D eigenvalue weighted by molar-refractivity contribution is 0.480. The summed E-state index contributed by atoms with van der Waals surface area (Å²) in [6.07, 6.45) is 0. The number of aromatic nitrogens is 2. The average Bonchev–Trinajstić information content (AvgIpc) is 2.68. The van der Waals surface area contributed by atoms with Crippen LogP contribution >= 0.6 is 0 Å². The maximum atomic E-state index is 9.89. The number of nitrogens with zero attached hydrogens (tertiary/aromatic N) is 1. The Morgan fingerprint density at radius 3 is 2.72 bits per heavy atom. The largest absolute Gasteiger partial charge is 0.506 e. The van der Waals surface area contributed by atoms with E-state index in [2.05, 4.69) is 23.8 Å². The summed E-state index contributed by atoms with van der Waals surface area (Å²) >= 11 is 0. The molecule has 4 N–H and O–H groups in total. The van der Waals surface area contributed by atoms with Gasteiger partial charge in [-0.2, -0.15) is 0 Å². The van der Waals surface area contributed by atoms with Crippen LogP contribution < -0.4 is 5.73 Å². The fourth-order valence-electron chi connectivity index (χ4n) is 2.37. The second-order valence-corrected chi connectivity index (χ2v) is 4.83. The fourth-order valence-corrected chi connectivity index (χ4v) is 2.37. The molecular formula is C14H15N3O. The standard InChI is InChI=1S/C14H15N3O/c1-7(2)12-14-9(6-11(15)16-12)8-4-3-5-10(18)13(8)17-14/h3-7,17-18H,1-2H3,(H2,15,16). The van der Waals surface area contributed by atoms with Gasteiger partial charge in [0.25, 0.3) is 0 Å². The summed E-state index contributed by atoms with van der Waals surface area (Å²) in [4.78, 5) is 7.65. The zero-order chi connectivity index (χ0) is 12.9. The van der Waals surface area contributed by atoms with E-state index in [0.29, 0.717) is 5.82 Å². The number of phenols is 1. The molecule has 0 aliphatic heterocycles. The summed E-state index contributed by atoms with van der Waals surface area (Å²) in [6, 6.07) is 7.32. The molecule has 1 aromatic carbocycles. The van der Waals surface area contributed by atoms with Gasteiger partial charge in [0, 0.05) is 10.8 Å². The molecule has 3 aromatic rings. The van der Waals surface area contributed by atoms with Crippen LogP contribution in [-0.2, 0) is 0 Å². The molecular weight excluding hydrogens is 226 g/mol. The van der Waals surface area contributed by atoms with Crippen molar-refractivity contribution < 1.29 is 5.11 Å². The summed E-state index contributed by atoms with van der Waals surface area (Å²) in [5.41, 5.74) is 8.49. The molecule has 0 spiro atoms. The number of anilines is 1. The van der Waals surface area contributed by atoms with Crippen LogP contribution in [0.4, 0.5) is 5.82 Å². The van der Waals surface area contributed by atoms with Crippen molar-refractivity contribution in [3.63, 3.8) is 0 Å². The number of nitrogens with two attached hydrogens (primary N) is 1. The molecule has 0 saturated heterocycles. The first kappa shape index (κ1) is 10.9. The van der Waals surface area contributed by atoms with Gasteiger partial charge in [-0.3, -0.25) is 0 Å². The topological polar surface area (TPSA) is 74.9 Å². The second kappa shape index (κ2) is 3.63. The minimum absolute atomic E-state index is 0.247. The van der Waals surface area contributed by atoms with E-state index in [-0.39, 0.29) is 11.7 Å². The summed E-state index contributed by atoms with van der Waals surface area (Å²) in [6.45, 7) is 4.15. The lowest BCUT2D eigenvalue weighted by Gasteiger charge is -2.06. The SMILES string of the molecule is CC(C)c1nc(N)cc2c1[nH]c1c(O)cccc12. The van der Waals surface area contributed by atoms with Gasteiger partial charge in [0.05, 0.1) is 16.7 Å². The molecule has 0 fully saturated rings. The van der Waals surface area contributed by atoms with Gasteiger partial charge in [-0.1, -0.05) is 26.0 Å². The van der Waals surface area contributed by atoms with Crippen molar-refractivity contribution in [2.75, 3.05) is 5.73 Å². The highest BCUT2D eigenvalue weighted by Gasteiger charge is 2.14. The molecule has 4 nitrogen and oxygen atoms in total. The number of H-pyrrole nitrogens is 1. The molecule has 0 atom stereocenters. The number of benzene rings is 1. The van der Waals surface area contributed by atoms with E-state index in [4.69, 9.17) is 5.73 Å². The van der Waals surface area contributed by atoms with Crippen molar-refractivity contribution in [3.05, 3.63) is 30.0 Å². The highest BCUT2D eigenvalue weighted by atomic mass is 16.3. The van der Waals surface area contributed by atoms with Crippen molar-refractivity contribution in [3.8, 4) is 5.75 Å². The molecule has 3 rings (SSSR count). The van der Waals surface area contributed by atoms with Crippen LogP contribution in [0, 0.1) is 0 Å². The number of phenolic OH excluding ortho intramolecular Hbond substituents is 1. The van der Waals surface area contributed by atoms with Crippen molar-refractivity contribution in [2.45, 2.75) is 19.8 Å². The first-order chi connectivity index (χ1) is 8.58. The highest BCUT2D eigenvalue weighted by Crippen LogP contribution is 2.34. The van der Waals surface area contributed by atoms with Crippen LogP contribution in [0.5, 0.6) is 5.75 Å². The Balaban J connectivity index is 2.53. The maximum Gasteiger partial charge on any atom is 0.139 e. The van der Waals surface area contributed by atoms with Crippen molar-refractivity contribution in [2.24, 2.45) is 0 Å². The van der Waals surface area contributed by atoms with Gasteiger partial charge in [-0.15, -0.1) is 0 Å². The monoisotopic (exact) mass is 241 g/mol. The number of aromatic hydroxyl groups is 1. The molecule has 0 bridgehead atoms. The van der Waals surface area contributed by atoms with E-state index in [1.54, 1.807) is 6.07 Å². The molecule has 2 aromatic heterocycles. The Morgan fingerprint density at radius 2 is 2.00 bits per heavy atom. The van der Waals surface area contributed by atoms with Crippen molar-refractivity contribution in [1.82, 2.24) is 9.97 Å². The molecule has 0 saturated carbocycles. The van der Waals surface area contributed by atoms with Crippen molar-refractivity contribution >= 4 is 27.6 Å². The van der Waals surface area contributed by atoms with Crippen LogP contribution in [0.25, 0.3) is 21.8 Å². The number of fused-ring (bicyclic) bond motifs is 3. The lowest BCUT2D eigenvalue weighted by Crippen LogP contribution is -1.98. The van der Waals surface area contributed by atoms with E-state index >= 15 is 0 Å². The number of nitrogens with one attached hydrogen (secondary N) is 1. The zero-order valence-corrected chi connectivity index (χ0v) is 10.4.